The minimum Gasteiger partial charge on any atom is -0.457 e. The smallest absolute Gasteiger partial charge is 0.457 e. The summed E-state index contributed by atoms with van der Waals surface area (Å²) in [5, 5.41) is 19.7. The standard InChI is InChI=1S/C28H50NO10P/c1-5-6-9-12-22(31)15-16-25-24(26-19-27(25)39-38-26)13-10-7-8-11-14-28(32)37-23(20-30)21-36-40(33,34)35-18-17-29(2,3)4/h7,10,15-16,22-27,30-31H,5-6,8-9,11-14,17-21H2,1-4H3/p+1/b10-7-,16-15+/t22-,23+,24+,25+,26-,27+/m0/s1. The van der Waals surface area contributed by atoms with Crippen molar-refractivity contribution >= 4 is 13.8 Å². The van der Waals surface area contributed by atoms with Crippen LogP contribution in [0.15, 0.2) is 24.3 Å². The van der Waals surface area contributed by atoms with Crippen molar-refractivity contribution in [1.82, 2.24) is 0 Å². The Morgan fingerprint density at radius 3 is 2.58 bits per heavy atom. The summed E-state index contributed by atoms with van der Waals surface area (Å²) in [6.45, 7) is 1.70. The molecule has 11 nitrogen and oxygen atoms in total. The monoisotopic (exact) mass is 592 g/mol. The van der Waals surface area contributed by atoms with Gasteiger partial charge in [-0.15, -0.1) is 0 Å². The van der Waals surface area contributed by atoms with Crippen LogP contribution in [0, 0.1) is 11.8 Å². The van der Waals surface area contributed by atoms with E-state index in [4.69, 9.17) is 23.6 Å². The maximum atomic E-state index is 12.2. The highest BCUT2D eigenvalue weighted by Gasteiger charge is 2.49. The summed E-state index contributed by atoms with van der Waals surface area (Å²) in [5.41, 5.74) is 0. The van der Waals surface area contributed by atoms with E-state index in [-0.39, 0.29) is 37.1 Å². The Morgan fingerprint density at radius 2 is 1.88 bits per heavy atom. The fourth-order valence-corrected chi connectivity index (χ4v) is 5.46. The Labute approximate surface area is 239 Å². The molecule has 12 heteroatoms. The van der Waals surface area contributed by atoms with Crippen LogP contribution in [0.1, 0.15) is 64.7 Å². The number of fused-ring (bicyclic) bond motifs is 2. The number of nitrogens with zero attached hydrogens (tertiary/aromatic N) is 1. The predicted octanol–water partition coefficient (Wildman–Crippen LogP) is 3.68. The molecule has 0 amide bonds. The quantitative estimate of drug-likeness (QED) is 0.0451. The van der Waals surface area contributed by atoms with Crippen LogP contribution in [0.2, 0.25) is 0 Å². The number of rotatable bonds is 21. The van der Waals surface area contributed by atoms with Crippen LogP contribution in [0.5, 0.6) is 0 Å². The Kier molecular flexibility index (Phi) is 15.5. The van der Waals surface area contributed by atoms with Crippen LogP contribution in [-0.2, 0) is 32.9 Å². The first-order chi connectivity index (χ1) is 18.9. The third-order valence-electron chi connectivity index (χ3n) is 7.10. The van der Waals surface area contributed by atoms with Crippen molar-refractivity contribution in [2.75, 3.05) is 47.5 Å². The number of hydrogen-bond donors (Lipinski definition) is 3. The number of hydrogen-bond acceptors (Lipinski definition) is 9. The number of ether oxygens (including phenoxy) is 1. The second kappa shape index (κ2) is 17.7. The van der Waals surface area contributed by atoms with Gasteiger partial charge in [0.15, 0.2) is 0 Å². The SMILES string of the molecule is CCCCC[C@H](O)/C=C/[C@@H]1[C@@H](C/C=C\CCCC(=O)O[C@H](CO)COP(=O)(O)OCC[N+](C)(C)C)[C@@H]2C[C@H]1OO2. The zero-order valence-corrected chi connectivity index (χ0v) is 25.5. The largest absolute Gasteiger partial charge is 0.472 e. The lowest BCUT2D eigenvalue weighted by Gasteiger charge is -2.27. The number of carbonyl (C=O) groups is 1. The molecule has 0 spiro atoms. The van der Waals surface area contributed by atoms with Crippen LogP contribution in [0.3, 0.4) is 0 Å². The van der Waals surface area contributed by atoms with E-state index in [1.165, 1.54) is 0 Å². The molecule has 0 aromatic carbocycles. The molecular weight excluding hydrogens is 541 g/mol. The molecule has 232 valence electrons. The van der Waals surface area contributed by atoms with Gasteiger partial charge in [-0.25, -0.2) is 14.3 Å². The Balaban J connectivity index is 1.66. The number of quaternary nitrogens is 1. The molecule has 40 heavy (non-hydrogen) atoms. The van der Waals surface area contributed by atoms with Gasteiger partial charge in [0.1, 0.15) is 25.4 Å². The molecular formula is C28H51NO10P+. The summed E-state index contributed by atoms with van der Waals surface area (Å²) < 4.78 is 27.5. The normalized spacial score (nSPS) is 26.0. The average Bonchev–Trinajstić information content (AvgIpc) is 3.48. The molecule has 2 aliphatic rings. The minimum atomic E-state index is -4.31. The van der Waals surface area contributed by atoms with Gasteiger partial charge < -0.3 is 24.3 Å². The van der Waals surface area contributed by atoms with Crippen molar-refractivity contribution in [1.29, 1.82) is 0 Å². The van der Waals surface area contributed by atoms with E-state index in [0.717, 1.165) is 38.5 Å². The van der Waals surface area contributed by atoms with E-state index in [0.29, 0.717) is 23.9 Å². The summed E-state index contributed by atoms with van der Waals surface area (Å²) in [6.07, 6.45) is 13.8. The fraction of sp³-hybridized carbons (Fsp3) is 0.821. The van der Waals surface area contributed by atoms with Crippen LogP contribution < -0.4 is 0 Å². The first kappa shape index (κ1) is 35.1. The molecule has 2 fully saturated rings. The Morgan fingerprint density at radius 1 is 1.12 bits per heavy atom. The highest BCUT2D eigenvalue weighted by Crippen LogP contribution is 2.45. The predicted molar refractivity (Wildman–Crippen MR) is 150 cm³/mol. The van der Waals surface area contributed by atoms with Crippen molar-refractivity contribution in [3.63, 3.8) is 0 Å². The zero-order valence-electron chi connectivity index (χ0n) is 24.6. The van der Waals surface area contributed by atoms with Gasteiger partial charge in [-0.3, -0.25) is 13.8 Å². The van der Waals surface area contributed by atoms with Gasteiger partial charge in [0.05, 0.1) is 46.6 Å². The molecule has 3 N–H and O–H groups in total. The summed E-state index contributed by atoms with van der Waals surface area (Å²) in [5.74, 6) is -0.0337. The van der Waals surface area contributed by atoms with Gasteiger partial charge in [-0.2, -0.15) is 0 Å². The van der Waals surface area contributed by atoms with Crippen molar-refractivity contribution in [2.45, 2.75) is 89.1 Å². The molecule has 0 aromatic heterocycles. The van der Waals surface area contributed by atoms with Gasteiger partial charge >= 0.3 is 13.8 Å². The van der Waals surface area contributed by atoms with Crippen molar-refractivity contribution in [3.05, 3.63) is 24.3 Å². The molecule has 1 heterocycles. The number of unbranched alkanes of at least 4 members (excludes halogenated alkanes) is 3. The Bertz CT molecular complexity index is 845. The van der Waals surface area contributed by atoms with Crippen molar-refractivity contribution in [3.8, 4) is 0 Å². The highest BCUT2D eigenvalue weighted by atomic mass is 31.2. The second-order valence-corrected chi connectivity index (χ2v) is 13.2. The van der Waals surface area contributed by atoms with E-state index < -0.39 is 39.2 Å². The molecule has 1 saturated heterocycles. The summed E-state index contributed by atoms with van der Waals surface area (Å²) in [6, 6.07) is 0. The topological polar surface area (TPSA) is 141 Å². The molecule has 2 bridgehead atoms. The van der Waals surface area contributed by atoms with Gasteiger partial charge in [0.25, 0.3) is 0 Å². The van der Waals surface area contributed by atoms with Crippen LogP contribution >= 0.6 is 7.82 Å². The number of phosphoric ester groups is 1. The first-order valence-electron chi connectivity index (χ1n) is 14.5. The second-order valence-electron chi connectivity index (χ2n) is 11.7. The summed E-state index contributed by atoms with van der Waals surface area (Å²) in [4.78, 5) is 32.8. The van der Waals surface area contributed by atoms with E-state index in [9.17, 15) is 24.5 Å². The van der Waals surface area contributed by atoms with E-state index >= 15 is 0 Å². The van der Waals surface area contributed by atoms with E-state index in [1.807, 2.05) is 33.3 Å². The van der Waals surface area contributed by atoms with Gasteiger partial charge in [0.2, 0.25) is 0 Å². The maximum absolute atomic E-state index is 12.2. The minimum absolute atomic E-state index is 0.0229. The molecule has 2 rings (SSSR count). The molecule has 1 aliphatic carbocycles. The molecule has 1 unspecified atom stereocenters. The third kappa shape index (κ3) is 13.7. The van der Waals surface area contributed by atoms with Gasteiger partial charge in [-0.1, -0.05) is 50.5 Å². The lowest BCUT2D eigenvalue weighted by Crippen LogP contribution is -2.37. The lowest BCUT2D eigenvalue weighted by atomic mass is 9.89. The van der Waals surface area contributed by atoms with Crippen molar-refractivity contribution in [2.24, 2.45) is 11.8 Å². The molecule has 0 aromatic rings. The highest BCUT2D eigenvalue weighted by molar-refractivity contribution is 7.47. The van der Waals surface area contributed by atoms with E-state index in [1.54, 1.807) is 0 Å². The van der Waals surface area contributed by atoms with Gasteiger partial charge in [-0.05, 0) is 25.7 Å². The molecule has 0 radical (unpaired) electrons. The molecule has 1 aliphatic heterocycles. The number of esters is 1. The fourth-order valence-electron chi connectivity index (χ4n) is 4.72. The number of aliphatic hydroxyl groups is 2. The third-order valence-corrected chi connectivity index (χ3v) is 8.08. The van der Waals surface area contributed by atoms with Crippen LogP contribution in [0.25, 0.3) is 0 Å². The summed E-state index contributed by atoms with van der Waals surface area (Å²) >= 11 is 0. The summed E-state index contributed by atoms with van der Waals surface area (Å²) in [7, 11) is 1.45. The average molecular weight is 593 g/mol. The van der Waals surface area contributed by atoms with E-state index in [2.05, 4.69) is 19.1 Å². The molecule has 1 saturated carbocycles. The Hall–Kier alpha value is -1.14. The number of aliphatic hydroxyl groups excluding tert-OH is 2. The lowest BCUT2D eigenvalue weighted by molar-refractivity contribution is -0.870. The number of phosphoric acid groups is 1. The number of likely N-dealkylation sites (N-methyl/N-ethyl adjacent to an activating group) is 1. The maximum Gasteiger partial charge on any atom is 0.472 e. The zero-order chi connectivity index (χ0) is 29.6. The number of allylic oxidation sites excluding steroid dienone is 2. The number of carbonyl (C=O) groups excluding carboxylic acids is 1. The first-order valence-corrected chi connectivity index (χ1v) is 16.0. The van der Waals surface area contributed by atoms with Crippen LogP contribution in [0.4, 0.5) is 0 Å². The molecule has 7 atom stereocenters. The van der Waals surface area contributed by atoms with Crippen LogP contribution in [-0.4, -0.2) is 97.5 Å². The van der Waals surface area contributed by atoms with Gasteiger partial charge in [0, 0.05) is 24.7 Å². The van der Waals surface area contributed by atoms with Crippen molar-refractivity contribution < 1.29 is 52.5 Å².